The minimum atomic E-state index is -0.547. The molecule has 1 N–H and O–H groups in total. The Labute approximate surface area is 152 Å². The van der Waals surface area contributed by atoms with E-state index in [0.29, 0.717) is 23.7 Å². The Morgan fingerprint density at radius 1 is 1.08 bits per heavy atom. The zero-order valence-corrected chi connectivity index (χ0v) is 16.9. The second-order valence-corrected chi connectivity index (χ2v) is 10.9. The molecule has 3 heteroatoms. The summed E-state index contributed by atoms with van der Waals surface area (Å²) in [6, 6.07) is 0. The van der Waals surface area contributed by atoms with Crippen LogP contribution in [0.15, 0.2) is 0 Å². The molecule has 0 bridgehead atoms. The van der Waals surface area contributed by atoms with Crippen LogP contribution in [0.2, 0.25) is 0 Å². The first-order valence-corrected chi connectivity index (χ1v) is 10.4. The predicted octanol–water partition coefficient (Wildman–Crippen LogP) is 4.57. The molecular formula is C22H36O3. The topological polar surface area (TPSA) is 46.5 Å². The van der Waals surface area contributed by atoms with Crippen molar-refractivity contribution in [3.05, 3.63) is 0 Å². The van der Waals surface area contributed by atoms with Crippen molar-refractivity contribution in [1.82, 2.24) is 0 Å². The van der Waals surface area contributed by atoms with Gasteiger partial charge < -0.3 is 9.84 Å². The first-order valence-electron chi connectivity index (χ1n) is 10.4. The van der Waals surface area contributed by atoms with Crippen molar-refractivity contribution in [3.8, 4) is 0 Å². The fraction of sp³-hybridized carbons (Fsp3) is 0.955. The highest BCUT2D eigenvalue weighted by Crippen LogP contribution is 2.84. The maximum absolute atomic E-state index is 11.9. The molecule has 0 radical (unpaired) electrons. The number of hydrogen-bond acceptors (Lipinski definition) is 3. The van der Waals surface area contributed by atoms with Gasteiger partial charge in [-0.1, -0.05) is 27.7 Å². The van der Waals surface area contributed by atoms with Crippen LogP contribution in [0.3, 0.4) is 0 Å². The highest BCUT2D eigenvalue weighted by Gasteiger charge is 2.81. The third kappa shape index (κ3) is 2.05. The van der Waals surface area contributed by atoms with Gasteiger partial charge in [-0.3, -0.25) is 4.79 Å². The number of fused-ring (bicyclic) bond motifs is 1. The van der Waals surface area contributed by atoms with Crippen LogP contribution in [0.1, 0.15) is 80.1 Å². The summed E-state index contributed by atoms with van der Waals surface area (Å²) < 4.78 is 6.00. The smallest absolute Gasteiger partial charge is 0.302 e. The van der Waals surface area contributed by atoms with Gasteiger partial charge in [-0.15, -0.1) is 0 Å². The van der Waals surface area contributed by atoms with Crippen LogP contribution in [0.4, 0.5) is 0 Å². The van der Waals surface area contributed by atoms with Crippen molar-refractivity contribution >= 4 is 5.97 Å². The van der Waals surface area contributed by atoms with Crippen LogP contribution in [-0.4, -0.2) is 22.8 Å². The van der Waals surface area contributed by atoms with Crippen molar-refractivity contribution in [2.75, 3.05) is 0 Å². The zero-order valence-electron chi connectivity index (χ0n) is 16.9. The van der Waals surface area contributed by atoms with E-state index < -0.39 is 5.60 Å². The Balaban J connectivity index is 1.81. The van der Waals surface area contributed by atoms with Crippen LogP contribution in [0.25, 0.3) is 0 Å². The fourth-order valence-electron chi connectivity index (χ4n) is 8.34. The van der Waals surface area contributed by atoms with Gasteiger partial charge in [-0.25, -0.2) is 0 Å². The molecule has 0 aromatic rings. The van der Waals surface area contributed by atoms with E-state index >= 15 is 0 Å². The summed E-state index contributed by atoms with van der Waals surface area (Å²) in [5.41, 5.74) is -0.114. The van der Waals surface area contributed by atoms with Gasteiger partial charge in [0.05, 0.1) is 5.60 Å². The molecule has 3 nitrogen and oxygen atoms in total. The molecule has 4 saturated carbocycles. The van der Waals surface area contributed by atoms with E-state index in [9.17, 15) is 9.90 Å². The molecular weight excluding hydrogens is 312 g/mol. The lowest BCUT2D eigenvalue weighted by atomic mass is 9.45. The lowest BCUT2D eigenvalue weighted by molar-refractivity contribution is -0.208. The Hall–Kier alpha value is -0.570. The normalized spacial score (nSPS) is 56.8. The SMILES string of the molecule is CC(=O)O[C@H]1C[C@]2(C)[C@@H](C(C)C)CC[C@H]2C23CC2[C@](C)(O)CC[C@]13C. The molecule has 0 aromatic heterocycles. The largest absolute Gasteiger partial charge is 0.462 e. The number of hydrogen-bond donors (Lipinski definition) is 1. The molecule has 4 aliphatic carbocycles. The van der Waals surface area contributed by atoms with Gasteiger partial charge in [0.25, 0.3) is 0 Å². The zero-order chi connectivity index (χ0) is 18.4. The van der Waals surface area contributed by atoms with E-state index in [1.807, 2.05) is 6.92 Å². The molecule has 0 heterocycles. The third-order valence-corrected chi connectivity index (χ3v) is 9.45. The number of rotatable bonds is 2. The van der Waals surface area contributed by atoms with E-state index in [1.165, 1.54) is 12.8 Å². The van der Waals surface area contributed by atoms with Crippen molar-refractivity contribution < 1.29 is 14.6 Å². The molecule has 4 aliphatic rings. The van der Waals surface area contributed by atoms with Crippen LogP contribution < -0.4 is 0 Å². The maximum Gasteiger partial charge on any atom is 0.302 e. The standard InChI is InChI=1S/C22H36O3/c1-13(2)15-7-8-16-19(15,4)12-18(25-14(3)23)20(5)9-10-21(6,24)17-11-22(16,17)20/h13,15-18,24H,7-12H2,1-6H3/t15-,16-,17?,18+,19-,20-,21-,22?/m1/s1. The van der Waals surface area contributed by atoms with E-state index in [4.69, 9.17) is 4.74 Å². The lowest BCUT2D eigenvalue weighted by Gasteiger charge is -2.61. The van der Waals surface area contributed by atoms with Crippen molar-refractivity contribution in [3.63, 3.8) is 0 Å². The van der Waals surface area contributed by atoms with Gasteiger partial charge in [0.2, 0.25) is 0 Å². The number of aliphatic hydroxyl groups is 1. The summed E-state index contributed by atoms with van der Waals surface area (Å²) in [6.07, 6.45) is 6.53. The molecule has 1 spiro atoms. The Kier molecular flexibility index (Phi) is 3.58. The maximum atomic E-state index is 11.9. The van der Waals surface area contributed by atoms with E-state index in [0.717, 1.165) is 25.7 Å². The fourth-order valence-corrected chi connectivity index (χ4v) is 8.34. The molecule has 0 saturated heterocycles. The van der Waals surface area contributed by atoms with Crippen molar-refractivity contribution in [1.29, 1.82) is 0 Å². The van der Waals surface area contributed by atoms with Gasteiger partial charge in [-0.05, 0) is 80.0 Å². The van der Waals surface area contributed by atoms with Crippen LogP contribution in [0.5, 0.6) is 0 Å². The first kappa shape index (κ1) is 17.8. The molecule has 4 rings (SSSR count). The van der Waals surface area contributed by atoms with Crippen LogP contribution in [-0.2, 0) is 9.53 Å². The van der Waals surface area contributed by atoms with Crippen LogP contribution >= 0.6 is 0 Å². The Bertz CT molecular complexity index is 596. The van der Waals surface area contributed by atoms with Crippen LogP contribution in [0, 0.1) is 39.9 Å². The lowest BCUT2D eigenvalue weighted by Crippen LogP contribution is -2.61. The molecule has 0 aliphatic heterocycles. The van der Waals surface area contributed by atoms with Gasteiger partial charge in [0, 0.05) is 12.3 Å². The number of esters is 1. The summed E-state index contributed by atoms with van der Waals surface area (Å²) in [6.45, 7) is 13.2. The monoisotopic (exact) mass is 348 g/mol. The van der Waals surface area contributed by atoms with Crippen molar-refractivity contribution in [2.24, 2.45) is 39.9 Å². The minimum Gasteiger partial charge on any atom is -0.462 e. The summed E-state index contributed by atoms with van der Waals surface area (Å²) in [4.78, 5) is 11.9. The molecule has 4 fully saturated rings. The molecule has 142 valence electrons. The molecule has 0 amide bonds. The Morgan fingerprint density at radius 2 is 1.76 bits per heavy atom. The molecule has 8 atom stereocenters. The predicted molar refractivity (Wildman–Crippen MR) is 97.8 cm³/mol. The van der Waals surface area contributed by atoms with E-state index in [-0.39, 0.29) is 28.3 Å². The van der Waals surface area contributed by atoms with Gasteiger partial charge in [-0.2, -0.15) is 0 Å². The number of carbonyl (C=O) groups is 1. The van der Waals surface area contributed by atoms with Gasteiger partial charge in [0.15, 0.2) is 0 Å². The summed E-state index contributed by atoms with van der Waals surface area (Å²) in [5, 5.41) is 11.1. The highest BCUT2D eigenvalue weighted by atomic mass is 16.5. The quantitative estimate of drug-likeness (QED) is 0.744. The number of ether oxygens (including phenoxy) is 1. The third-order valence-electron chi connectivity index (χ3n) is 9.45. The summed E-state index contributed by atoms with van der Waals surface area (Å²) in [5.74, 6) is 2.27. The average Bonchev–Trinajstić information content (AvgIpc) is 3.15. The molecule has 2 unspecified atom stereocenters. The summed E-state index contributed by atoms with van der Waals surface area (Å²) in [7, 11) is 0. The van der Waals surface area contributed by atoms with E-state index in [1.54, 1.807) is 6.92 Å². The van der Waals surface area contributed by atoms with Crippen molar-refractivity contribution in [2.45, 2.75) is 91.8 Å². The minimum absolute atomic E-state index is 0.00620. The summed E-state index contributed by atoms with van der Waals surface area (Å²) >= 11 is 0. The number of carbonyl (C=O) groups excluding carboxylic acids is 1. The highest BCUT2D eigenvalue weighted by molar-refractivity contribution is 5.66. The van der Waals surface area contributed by atoms with Gasteiger partial charge >= 0.3 is 5.97 Å². The Morgan fingerprint density at radius 3 is 2.36 bits per heavy atom. The second-order valence-electron chi connectivity index (χ2n) is 10.9. The van der Waals surface area contributed by atoms with Gasteiger partial charge in [0.1, 0.15) is 6.10 Å². The first-order chi connectivity index (χ1) is 11.5. The van der Waals surface area contributed by atoms with E-state index in [2.05, 4.69) is 27.7 Å². The molecule has 0 aromatic carbocycles. The average molecular weight is 349 g/mol. The second kappa shape index (κ2) is 5.03. The molecule has 25 heavy (non-hydrogen) atoms.